The third-order valence-corrected chi connectivity index (χ3v) is 2.40. The van der Waals surface area contributed by atoms with Gasteiger partial charge in [0.05, 0.1) is 12.9 Å². The predicted molar refractivity (Wildman–Crippen MR) is 55.7 cm³/mol. The molecule has 1 aromatic rings. The second kappa shape index (κ2) is 4.57. The second-order valence-corrected chi connectivity index (χ2v) is 4.91. The highest BCUT2D eigenvalue weighted by Gasteiger charge is 2.01. The van der Waals surface area contributed by atoms with E-state index in [0.29, 0.717) is 6.42 Å². The van der Waals surface area contributed by atoms with Crippen LogP contribution < -0.4 is 0 Å². The standard InChI is InChI=1S/C10H14O3S/c1-9-3-5-10(6-4-9)7-8-13-14(2,11)12/h3-6H,7-8H2,1-2H3. The minimum absolute atomic E-state index is 0.210. The highest BCUT2D eigenvalue weighted by molar-refractivity contribution is 7.85. The SMILES string of the molecule is Cc1ccc(CCOS(C)(=O)=O)cc1. The predicted octanol–water partition coefficient (Wildman–Crippen LogP) is 1.51. The Hall–Kier alpha value is -0.870. The molecule has 0 bridgehead atoms. The van der Waals surface area contributed by atoms with Crippen molar-refractivity contribution in [3.8, 4) is 0 Å². The zero-order valence-corrected chi connectivity index (χ0v) is 9.17. The Labute approximate surface area is 84.8 Å². The van der Waals surface area contributed by atoms with E-state index in [-0.39, 0.29) is 6.61 Å². The molecule has 0 saturated carbocycles. The van der Waals surface area contributed by atoms with E-state index in [1.807, 2.05) is 31.2 Å². The molecule has 0 spiro atoms. The first-order valence-electron chi connectivity index (χ1n) is 4.37. The van der Waals surface area contributed by atoms with E-state index >= 15 is 0 Å². The summed E-state index contributed by atoms with van der Waals surface area (Å²) >= 11 is 0. The molecule has 0 heterocycles. The van der Waals surface area contributed by atoms with Gasteiger partial charge in [-0.2, -0.15) is 8.42 Å². The lowest BCUT2D eigenvalue weighted by Crippen LogP contribution is -2.06. The molecule has 0 atom stereocenters. The quantitative estimate of drug-likeness (QED) is 0.714. The van der Waals surface area contributed by atoms with Crippen LogP contribution in [0.1, 0.15) is 11.1 Å². The summed E-state index contributed by atoms with van der Waals surface area (Å²) < 4.78 is 25.9. The van der Waals surface area contributed by atoms with E-state index in [1.54, 1.807) is 0 Å². The maximum absolute atomic E-state index is 10.7. The van der Waals surface area contributed by atoms with Crippen molar-refractivity contribution in [1.82, 2.24) is 0 Å². The molecule has 14 heavy (non-hydrogen) atoms. The van der Waals surface area contributed by atoms with Crippen LogP contribution in [0.4, 0.5) is 0 Å². The van der Waals surface area contributed by atoms with Gasteiger partial charge in [-0.1, -0.05) is 29.8 Å². The molecular formula is C10H14O3S. The Morgan fingerprint density at radius 2 is 1.79 bits per heavy atom. The summed E-state index contributed by atoms with van der Waals surface area (Å²) in [5.41, 5.74) is 2.28. The Morgan fingerprint density at radius 1 is 1.21 bits per heavy atom. The van der Waals surface area contributed by atoms with Gasteiger partial charge in [0.15, 0.2) is 0 Å². The molecule has 0 N–H and O–H groups in total. The fourth-order valence-electron chi connectivity index (χ4n) is 1.07. The summed E-state index contributed by atoms with van der Waals surface area (Å²) in [5, 5.41) is 0. The molecule has 1 aromatic carbocycles. The maximum Gasteiger partial charge on any atom is 0.264 e. The van der Waals surface area contributed by atoms with Crippen LogP contribution >= 0.6 is 0 Å². The van der Waals surface area contributed by atoms with Gasteiger partial charge >= 0.3 is 0 Å². The van der Waals surface area contributed by atoms with Crippen LogP contribution in [-0.4, -0.2) is 21.3 Å². The van der Waals surface area contributed by atoms with E-state index < -0.39 is 10.1 Å². The molecule has 0 saturated heterocycles. The molecule has 0 aliphatic carbocycles. The first-order valence-corrected chi connectivity index (χ1v) is 6.19. The van der Waals surface area contributed by atoms with E-state index in [9.17, 15) is 8.42 Å². The number of hydrogen-bond acceptors (Lipinski definition) is 3. The van der Waals surface area contributed by atoms with Crippen LogP contribution in [0.5, 0.6) is 0 Å². The van der Waals surface area contributed by atoms with E-state index in [0.717, 1.165) is 11.8 Å². The highest BCUT2D eigenvalue weighted by atomic mass is 32.2. The van der Waals surface area contributed by atoms with Gasteiger partial charge in [-0.25, -0.2) is 0 Å². The lowest BCUT2D eigenvalue weighted by atomic mass is 10.1. The summed E-state index contributed by atoms with van der Waals surface area (Å²) in [6.07, 6.45) is 1.68. The fourth-order valence-corrected chi connectivity index (χ4v) is 1.45. The third-order valence-electron chi connectivity index (χ3n) is 1.81. The van der Waals surface area contributed by atoms with Crippen LogP contribution in [-0.2, 0) is 20.7 Å². The van der Waals surface area contributed by atoms with Gasteiger partial charge in [-0.3, -0.25) is 4.18 Å². The van der Waals surface area contributed by atoms with Crippen LogP contribution in [0.15, 0.2) is 24.3 Å². The Morgan fingerprint density at radius 3 is 2.29 bits per heavy atom. The van der Waals surface area contributed by atoms with Crippen molar-refractivity contribution in [2.24, 2.45) is 0 Å². The lowest BCUT2D eigenvalue weighted by molar-refractivity contribution is 0.326. The molecule has 3 nitrogen and oxygen atoms in total. The molecule has 0 aromatic heterocycles. The van der Waals surface area contributed by atoms with E-state index in [1.165, 1.54) is 5.56 Å². The molecule has 0 fully saturated rings. The minimum atomic E-state index is -3.30. The Bertz CT molecular complexity index is 378. The number of benzene rings is 1. The van der Waals surface area contributed by atoms with E-state index in [4.69, 9.17) is 0 Å². The molecule has 0 aliphatic heterocycles. The summed E-state index contributed by atoms with van der Waals surface area (Å²) in [6, 6.07) is 7.94. The third kappa shape index (κ3) is 4.39. The van der Waals surface area contributed by atoms with Crippen molar-refractivity contribution in [2.45, 2.75) is 13.3 Å². The van der Waals surface area contributed by atoms with Crippen LogP contribution in [0.2, 0.25) is 0 Å². The van der Waals surface area contributed by atoms with Gasteiger partial charge in [0.2, 0.25) is 0 Å². The summed E-state index contributed by atoms with van der Waals surface area (Å²) in [4.78, 5) is 0. The number of hydrogen-bond donors (Lipinski definition) is 0. The van der Waals surface area contributed by atoms with Crippen LogP contribution in [0.25, 0.3) is 0 Å². The highest BCUT2D eigenvalue weighted by Crippen LogP contribution is 2.04. The van der Waals surface area contributed by atoms with Crippen LogP contribution in [0, 0.1) is 6.92 Å². The molecule has 1 rings (SSSR count). The average Bonchev–Trinajstić information content (AvgIpc) is 2.06. The van der Waals surface area contributed by atoms with Gasteiger partial charge < -0.3 is 0 Å². The monoisotopic (exact) mass is 214 g/mol. The topological polar surface area (TPSA) is 43.4 Å². The van der Waals surface area contributed by atoms with Crippen molar-refractivity contribution in [3.05, 3.63) is 35.4 Å². The van der Waals surface area contributed by atoms with Crippen molar-refractivity contribution < 1.29 is 12.6 Å². The molecule has 4 heteroatoms. The van der Waals surface area contributed by atoms with Gasteiger partial charge in [-0.15, -0.1) is 0 Å². The van der Waals surface area contributed by atoms with Crippen molar-refractivity contribution in [3.63, 3.8) is 0 Å². The maximum atomic E-state index is 10.7. The van der Waals surface area contributed by atoms with Crippen molar-refractivity contribution in [2.75, 3.05) is 12.9 Å². The van der Waals surface area contributed by atoms with E-state index in [2.05, 4.69) is 4.18 Å². The van der Waals surface area contributed by atoms with Crippen molar-refractivity contribution in [1.29, 1.82) is 0 Å². The Balaban J connectivity index is 2.43. The summed E-state index contributed by atoms with van der Waals surface area (Å²) in [6.45, 7) is 2.22. The number of aryl methyl sites for hydroxylation is 1. The molecule has 78 valence electrons. The van der Waals surface area contributed by atoms with Crippen molar-refractivity contribution >= 4 is 10.1 Å². The number of rotatable bonds is 4. The van der Waals surface area contributed by atoms with Gasteiger partial charge in [0, 0.05) is 0 Å². The molecule has 0 unspecified atom stereocenters. The largest absolute Gasteiger partial charge is 0.270 e. The lowest BCUT2D eigenvalue weighted by Gasteiger charge is -2.02. The first-order chi connectivity index (χ1) is 6.47. The Kier molecular flexibility index (Phi) is 3.66. The molecular weight excluding hydrogens is 200 g/mol. The van der Waals surface area contributed by atoms with Gasteiger partial charge in [0.25, 0.3) is 10.1 Å². The second-order valence-electron chi connectivity index (χ2n) is 3.26. The normalized spacial score (nSPS) is 11.6. The smallest absolute Gasteiger partial charge is 0.264 e. The van der Waals surface area contributed by atoms with Gasteiger partial charge in [-0.05, 0) is 18.9 Å². The summed E-state index contributed by atoms with van der Waals surface area (Å²) in [7, 11) is -3.30. The zero-order chi connectivity index (χ0) is 10.6. The molecule has 0 amide bonds. The zero-order valence-electron chi connectivity index (χ0n) is 8.36. The first kappa shape index (κ1) is 11.2. The minimum Gasteiger partial charge on any atom is -0.270 e. The molecule has 0 radical (unpaired) electrons. The summed E-state index contributed by atoms with van der Waals surface area (Å²) in [5.74, 6) is 0. The van der Waals surface area contributed by atoms with Crippen LogP contribution in [0.3, 0.4) is 0 Å². The fraction of sp³-hybridized carbons (Fsp3) is 0.400. The van der Waals surface area contributed by atoms with Gasteiger partial charge in [0.1, 0.15) is 0 Å². The molecule has 0 aliphatic rings. The average molecular weight is 214 g/mol.